The Hall–Kier alpha value is -4.39. The number of methoxy groups -OCH3 is 1. The van der Waals surface area contributed by atoms with E-state index in [0.717, 1.165) is 45.2 Å². The lowest BCUT2D eigenvalue weighted by atomic mass is 10.1. The molecule has 0 atom stereocenters. The summed E-state index contributed by atoms with van der Waals surface area (Å²) in [6.07, 6.45) is 1.55. The summed E-state index contributed by atoms with van der Waals surface area (Å²) < 4.78 is 5.45. The largest absolute Gasteiger partial charge is 0.496 e. The summed E-state index contributed by atoms with van der Waals surface area (Å²) in [5.41, 5.74) is 5.79. The SMILES string of the molecule is COc1ccccc1-c1cc(Nc2ccc(CNc3nc4ccccc4[nH]3)cc2)ncn1. The number of H-pyrrole nitrogens is 1. The number of ether oxygens (including phenoxy) is 1. The topological polar surface area (TPSA) is 87.8 Å². The molecule has 0 aliphatic rings. The van der Waals surface area contributed by atoms with Gasteiger partial charge in [-0.15, -0.1) is 0 Å². The first kappa shape index (κ1) is 19.6. The van der Waals surface area contributed by atoms with Crippen LogP contribution in [0.3, 0.4) is 0 Å². The molecule has 158 valence electrons. The maximum atomic E-state index is 5.45. The van der Waals surface area contributed by atoms with E-state index in [1.807, 2.05) is 66.7 Å². The van der Waals surface area contributed by atoms with E-state index in [1.165, 1.54) is 0 Å². The molecule has 0 aliphatic heterocycles. The molecule has 0 radical (unpaired) electrons. The van der Waals surface area contributed by atoms with Crippen LogP contribution in [0.4, 0.5) is 17.5 Å². The molecule has 0 saturated heterocycles. The Labute approximate surface area is 185 Å². The van der Waals surface area contributed by atoms with Gasteiger partial charge in [0, 0.05) is 23.9 Å². The number of nitrogens with one attached hydrogen (secondary N) is 3. The van der Waals surface area contributed by atoms with Gasteiger partial charge >= 0.3 is 0 Å². The van der Waals surface area contributed by atoms with E-state index < -0.39 is 0 Å². The highest BCUT2D eigenvalue weighted by Gasteiger charge is 2.08. The van der Waals surface area contributed by atoms with Crippen LogP contribution in [0, 0.1) is 0 Å². The lowest BCUT2D eigenvalue weighted by Gasteiger charge is -2.10. The molecule has 0 aliphatic carbocycles. The van der Waals surface area contributed by atoms with Crippen molar-refractivity contribution in [2.45, 2.75) is 6.54 Å². The molecule has 32 heavy (non-hydrogen) atoms. The average Bonchev–Trinajstić information content (AvgIpc) is 3.27. The summed E-state index contributed by atoms with van der Waals surface area (Å²) >= 11 is 0. The number of para-hydroxylation sites is 3. The number of aromatic amines is 1. The lowest BCUT2D eigenvalue weighted by Crippen LogP contribution is -2.01. The van der Waals surface area contributed by atoms with Crippen molar-refractivity contribution < 1.29 is 4.74 Å². The van der Waals surface area contributed by atoms with Crippen molar-refractivity contribution in [3.8, 4) is 17.0 Å². The van der Waals surface area contributed by atoms with Gasteiger partial charge in [0.2, 0.25) is 5.95 Å². The molecular weight excluding hydrogens is 400 g/mol. The Morgan fingerprint density at radius 2 is 1.72 bits per heavy atom. The number of fused-ring (bicyclic) bond motifs is 1. The van der Waals surface area contributed by atoms with Gasteiger partial charge in [0.15, 0.2) is 0 Å². The van der Waals surface area contributed by atoms with E-state index >= 15 is 0 Å². The summed E-state index contributed by atoms with van der Waals surface area (Å²) in [4.78, 5) is 16.6. The first-order valence-corrected chi connectivity index (χ1v) is 10.3. The van der Waals surface area contributed by atoms with Crippen LogP contribution in [-0.2, 0) is 6.54 Å². The molecule has 7 heteroatoms. The van der Waals surface area contributed by atoms with E-state index in [2.05, 4.69) is 42.7 Å². The zero-order valence-electron chi connectivity index (χ0n) is 17.5. The van der Waals surface area contributed by atoms with Crippen molar-refractivity contribution in [3.05, 3.63) is 90.8 Å². The summed E-state index contributed by atoms with van der Waals surface area (Å²) in [5, 5.41) is 6.68. The van der Waals surface area contributed by atoms with Crippen LogP contribution < -0.4 is 15.4 Å². The Morgan fingerprint density at radius 3 is 2.56 bits per heavy atom. The van der Waals surface area contributed by atoms with Crippen LogP contribution >= 0.6 is 0 Å². The quantitative estimate of drug-likeness (QED) is 0.326. The summed E-state index contributed by atoms with van der Waals surface area (Å²) in [6, 6.07) is 25.9. The highest BCUT2D eigenvalue weighted by atomic mass is 16.5. The maximum absolute atomic E-state index is 5.45. The van der Waals surface area contributed by atoms with Gasteiger partial charge in [0.1, 0.15) is 17.9 Å². The monoisotopic (exact) mass is 422 g/mol. The van der Waals surface area contributed by atoms with Gasteiger partial charge < -0.3 is 20.4 Å². The van der Waals surface area contributed by atoms with Crippen LogP contribution in [0.1, 0.15) is 5.56 Å². The van der Waals surface area contributed by atoms with Crippen molar-refractivity contribution in [2.75, 3.05) is 17.7 Å². The van der Waals surface area contributed by atoms with Crippen molar-refractivity contribution in [1.29, 1.82) is 0 Å². The molecule has 3 N–H and O–H groups in total. The first-order valence-electron chi connectivity index (χ1n) is 10.3. The van der Waals surface area contributed by atoms with Crippen LogP contribution in [0.2, 0.25) is 0 Å². The number of aromatic nitrogens is 4. The molecule has 3 aromatic carbocycles. The minimum Gasteiger partial charge on any atom is -0.496 e. The predicted molar refractivity (Wildman–Crippen MR) is 127 cm³/mol. The van der Waals surface area contributed by atoms with Gasteiger partial charge in [-0.2, -0.15) is 0 Å². The van der Waals surface area contributed by atoms with Gasteiger partial charge in [-0.05, 0) is 42.0 Å². The lowest BCUT2D eigenvalue weighted by molar-refractivity contribution is 0.416. The minimum atomic E-state index is 0.672. The van der Waals surface area contributed by atoms with Crippen LogP contribution in [0.5, 0.6) is 5.75 Å². The number of hydrogen-bond donors (Lipinski definition) is 3. The smallest absolute Gasteiger partial charge is 0.201 e. The van der Waals surface area contributed by atoms with Crippen molar-refractivity contribution in [2.24, 2.45) is 0 Å². The Kier molecular flexibility index (Phi) is 5.36. The maximum Gasteiger partial charge on any atom is 0.201 e. The molecule has 0 amide bonds. The molecule has 0 spiro atoms. The fourth-order valence-electron chi connectivity index (χ4n) is 3.51. The summed E-state index contributed by atoms with van der Waals surface area (Å²) in [6.45, 7) is 0.672. The van der Waals surface area contributed by atoms with E-state index in [1.54, 1.807) is 13.4 Å². The number of rotatable bonds is 7. The minimum absolute atomic E-state index is 0.672. The number of benzene rings is 3. The van der Waals surface area contributed by atoms with Gasteiger partial charge in [-0.3, -0.25) is 0 Å². The molecule has 0 saturated carbocycles. The fraction of sp³-hybridized carbons (Fsp3) is 0.0800. The van der Waals surface area contributed by atoms with Crippen LogP contribution in [0.25, 0.3) is 22.3 Å². The Morgan fingerprint density at radius 1 is 0.906 bits per heavy atom. The van der Waals surface area contributed by atoms with Crippen molar-refractivity contribution >= 4 is 28.5 Å². The first-order chi connectivity index (χ1) is 15.8. The van der Waals surface area contributed by atoms with E-state index in [4.69, 9.17) is 4.74 Å². The third-order valence-corrected chi connectivity index (χ3v) is 5.13. The van der Waals surface area contributed by atoms with E-state index in [-0.39, 0.29) is 0 Å². The zero-order valence-corrected chi connectivity index (χ0v) is 17.5. The van der Waals surface area contributed by atoms with E-state index in [0.29, 0.717) is 12.4 Å². The van der Waals surface area contributed by atoms with Crippen molar-refractivity contribution in [1.82, 2.24) is 19.9 Å². The summed E-state index contributed by atoms with van der Waals surface area (Å²) in [5.74, 6) is 2.26. The molecule has 0 fully saturated rings. The highest BCUT2D eigenvalue weighted by Crippen LogP contribution is 2.29. The van der Waals surface area contributed by atoms with Crippen molar-refractivity contribution in [3.63, 3.8) is 0 Å². The number of hydrogen-bond acceptors (Lipinski definition) is 6. The number of anilines is 3. The van der Waals surface area contributed by atoms with Gasteiger partial charge in [0.05, 0.1) is 23.8 Å². The molecule has 0 bridgehead atoms. The average molecular weight is 422 g/mol. The molecule has 2 aromatic heterocycles. The normalized spacial score (nSPS) is 10.8. The molecule has 5 aromatic rings. The third kappa shape index (κ3) is 4.22. The molecule has 2 heterocycles. The molecular formula is C25H22N6O. The number of nitrogens with zero attached hydrogens (tertiary/aromatic N) is 3. The Balaban J connectivity index is 1.25. The fourth-order valence-corrected chi connectivity index (χ4v) is 3.51. The van der Waals surface area contributed by atoms with Gasteiger partial charge in [-0.1, -0.05) is 36.4 Å². The van der Waals surface area contributed by atoms with Crippen LogP contribution in [-0.4, -0.2) is 27.0 Å². The second kappa shape index (κ2) is 8.77. The highest BCUT2D eigenvalue weighted by molar-refractivity contribution is 5.77. The zero-order chi connectivity index (χ0) is 21.8. The molecule has 0 unspecified atom stereocenters. The van der Waals surface area contributed by atoms with Crippen LogP contribution in [0.15, 0.2) is 85.2 Å². The Bertz CT molecular complexity index is 1310. The molecule has 7 nitrogen and oxygen atoms in total. The number of imidazole rings is 1. The second-order valence-corrected chi connectivity index (χ2v) is 7.27. The van der Waals surface area contributed by atoms with E-state index in [9.17, 15) is 0 Å². The van der Waals surface area contributed by atoms with Gasteiger partial charge in [-0.25, -0.2) is 15.0 Å². The predicted octanol–water partition coefficient (Wildman–Crippen LogP) is 5.38. The standard InChI is InChI=1S/C25H22N6O/c1-32-23-9-5-2-6-19(23)22-14-24(28-16-27-22)29-18-12-10-17(11-13-18)15-26-25-30-20-7-3-4-8-21(20)31-25/h2-14,16H,15H2,1H3,(H2,26,30,31)(H,27,28,29). The molecule has 5 rings (SSSR count). The summed E-state index contributed by atoms with van der Waals surface area (Å²) in [7, 11) is 1.66. The second-order valence-electron chi connectivity index (χ2n) is 7.27. The third-order valence-electron chi connectivity index (χ3n) is 5.13. The van der Waals surface area contributed by atoms with Gasteiger partial charge in [0.25, 0.3) is 0 Å².